The first-order valence-electron chi connectivity index (χ1n) is 7.48. The molecule has 0 spiro atoms. The molecule has 0 bridgehead atoms. The number of nitrogens with zero attached hydrogens (tertiary/aromatic N) is 1. The molecule has 0 saturated carbocycles. The van der Waals surface area contributed by atoms with Gasteiger partial charge in [-0.05, 0) is 30.7 Å². The third kappa shape index (κ3) is 4.81. The zero-order chi connectivity index (χ0) is 15.8. The van der Waals surface area contributed by atoms with Crippen LogP contribution in [0.25, 0.3) is 0 Å². The number of carbonyl (C=O) groups excluding carboxylic acids is 1. The fourth-order valence-corrected chi connectivity index (χ4v) is 2.07. The number of para-hydroxylation sites is 1. The van der Waals surface area contributed by atoms with Crippen LogP contribution in [0.1, 0.15) is 13.3 Å². The fourth-order valence-electron chi connectivity index (χ4n) is 2.07. The Morgan fingerprint density at radius 3 is 2.64 bits per heavy atom. The lowest BCUT2D eigenvalue weighted by Gasteiger charge is -2.18. The van der Waals surface area contributed by atoms with Crippen molar-refractivity contribution in [3.8, 4) is 5.75 Å². The molecule has 116 valence electrons. The third-order valence-electron chi connectivity index (χ3n) is 3.17. The first-order valence-corrected chi connectivity index (χ1v) is 7.48. The van der Waals surface area contributed by atoms with Crippen molar-refractivity contribution in [3.05, 3.63) is 54.6 Å². The van der Waals surface area contributed by atoms with E-state index in [1.54, 1.807) is 0 Å². The number of likely N-dealkylation sites (N-methyl/N-ethyl adjacent to an activating group) is 1. The van der Waals surface area contributed by atoms with Crippen LogP contribution < -0.4 is 15.0 Å². The van der Waals surface area contributed by atoms with Crippen LogP contribution in [-0.2, 0) is 4.79 Å². The lowest BCUT2D eigenvalue weighted by molar-refractivity contribution is -0.114. The van der Waals surface area contributed by atoms with Gasteiger partial charge < -0.3 is 15.0 Å². The van der Waals surface area contributed by atoms with E-state index < -0.39 is 0 Å². The molecule has 1 amide bonds. The molecular formula is C18H22N2O2. The van der Waals surface area contributed by atoms with Gasteiger partial charge in [0.1, 0.15) is 5.75 Å². The number of hydrogen-bond acceptors (Lipinski definition) is 3. The summed E-state index contributed by atoms with van der Waals surface area (Å²) in [5.41, 5.74) is 1.76. The maximum atomic E-state index is 12.1. The minimum Gasteiger partial charge on any atom is -0.494 e. The Hall–Kier alpha value is -2.49. The quantitative estimate of drug-likeness (QED) is 0.850. The van der Waals surface area contributed by atoms with Crippen LogP contribution in [0.15, 0.2) is 54.6 Å². The van der Waals surface area contributed by atoms with Crippen LogP contribution in [0.2, 0.25) is 0 Å². The molecule has 0 aliphatic carbocycles. The number of carbonyl (C=O) groups is 1. The molecule has 0 radical (unpaired) electrons. The molecule has 0 heterocycles. The van der Waals surface area contributed by atoms with Crippen molar-refractivity contribution in [1.29, 1.82) is 0 Å². The molecular weight excluding hydrogens is 276 g/mol. The summed E-state index contributed by atoms with van der Waals surface area (Å²) in [6.45, 7) is 3.03. The van der Waals surface area contributed by atoms with Gasteiger partial charge in [-0.15, -0.1) is 0 Å². The first kappa shape index (κ1) is 15.9. The summed E-state index contributed by atoms with van der Waals surface area (Å²) in [7, 11) is 1.90. The Bertz CT molecular complexity index is 599. The van der Waals surface area contributed by atoms with Gasteiger partial charge >= 0.3 is 0 Å². The van der Waals surface area contributed by atoms with Gasteiger partial charge in [-0.2, -0.15) is 0 Å². The van der Waals surface area contributed by atoms with Crippen molar-refractivity contribution < 1.29 is 9.53 Å². The zero-order valence-corrected chi connectivity index (χ0v) is 13.1. The second-order valence-electron chi connectivity index (χ2n) is 5.12. The minimum absolute atomic E-state index is 0.0565. The Balaban J connectivity index is 1.91. The van der Waals surface area contributed by atoms with Crippen molar-refractivity contribution in [2.24, 2.45) is 0 Å². The molecule has 0 aliphatic rings. The summed E-state index contributed by atoms with van der Waals surface area (Å²) < 4.78 is 5.57. The zero-order valence-electron chi connectivity index (χ0n) is 13.1. The summed E-state index contributed by atoms with van der Waals surface area (Å²) >= 11 is 0. The van der Waals surface area contributed by atoms with Crippen LogP contribution in [0.5, 0.6) is 5.75 Å². The van der Waals surface area contributed by atoms with Crippen molar-refractivity contribution in [1.82, 2.24) is 0 Å². The topological polar surface area (TPSA) is 41.6 Å². The molecule has 0 aromatic heterocycles. The average Bonchev–Trinajstić information content (AvgIpc) is 2.54. The van der Waals surface area contributed by atoms with E-state index in [2.05, 4.69) is 12.2 Å². The van der Waals surface area contributed by atoms with Crippen molar-refractivity contribution in [2.45, 2.75) is 13.3 Å². The Kier molecular flexibility index (Phi) is 5.83. The molecule has 0 saturated heterocycles. The van der Waals surface area contributed by atoms with Crippen LogP contribution in [-0.4, -0.2) is 26.1 Å². The van der Waals surface area contributed by atoms with Gasteiger partial charge in [0.15, 0.2) is 0 Å². The number of amides is 1. The molecule has 4 nitrogen and oxygen atoms in total. The molecule has 0 fully saturated rings. The molecule has 0 unspecified atom stereocenters. The second-order valence-corrected chi connectivity index (χ2v) is 5.12. The summed E-state index contributed by atoms with van der Waals surface area (Å²) in [4.78, 5) is 14.0. The Labute approximate surface area is 131 Å². The van der Waals surface area contributed by atoms with E-state index in [4.69, 9.17) is 4.74 Å². The smallest absolute Gasteiger partial charge is 0.243 e. The number of nitrogens with one attached hydrogen (secondary N) is 1. The van der Waals surface area contributed by atoms with Crippen molar-refractivity contribution >= 4 is 17.3 Å². The van der Waals surface area contributed by atoms with E-state index in [-0.39, 0.29) is 5.91 Å². The molecule has 1 N–H and O–H groups in total. The number of anilines is 2. The molecule has 2 aromatic carbocycles. The molecule has 2 aromatic rings. The van der Waals surface area contributed by atoms with Crippen molar-refractivity contribution in [3.63, 3.8) is 0 Å². The van der Waals surface area contributed by atoms with Gasteiger partial charge in [-0.25, -0.2) is 0 Å². The van der Waals surface area contributed by atoms with E-state index >= 15 is 0 Å². The van der Waals surface area contributed by atoms with E-state index in [1.165, 1.54) is 0 Å². The SMILES string of the molecule is CCCOc1cccc(NC(=O)CN(C)c2ccccc2)c1. The highest BCUT2D eigenvalue weighted by molar-refractivity contribution is 5.94. The molecule has 22 heavy (non-hydrogen) atoms. The lowest BCUT2D eigenvalue weighted by Crippen LogP contribution is -2.29. The predicted molar refractivity (Wildman–Crippen MR) is 90.6 cm³/mol. The average molecular weight is 298 g/mol. The number of hydrogen-bond donors (Lipinski definition) is 1. The second kappa shape index (κ2) is 8.08. The lowest BCUT2D eigenvalue weighted by atomic mass is 10.3. The summed E-state index contributed by atoms with van der Waals surface area (Å²) in [5, 5.41) is 2.90. The maximum absolute atomic E-state index is 12.1. The normalized spacial score (nSPS) is 10.1. The van der Waals surface area contributed by atoms with Gasteiger partial charge in [0, 0.05) is 24.5 Å². The maximum Gasteiger partial charge on any atom is 0.243 e. The van der Waals surface area contributed by atoms with Gasteiger partial charge in [0.25, 0.3) is 0 Å². The predicted octanol–water partition coefficient (Wildman–Crippen LogP) is 3.55. The number of ether oxygens (including phenoxy) is 1. The Morgan fingerprint density at radius 2 is 1.91 bits per heavy atom. The highest BCUT2D eigenvalue weighted by atomic mass is 16.5. The Morgan fingerprint density at radius 1 is 1.14 bits per heavy atom. The molecule has 0 aliphatic heterocycles. The monoisotopic (exact) mass is 298 g/mol. The summed E-state index contributed by atoms with van der Waals surface area (Å²) in [6, 6.07) is 17.3. The van der Waals surface area contributed by atoms with E-state index in [0.717, 1.165) is 23.5 Å². The molecule has 2 rings (SSSR count). The van der Waals surface area contributed by atoms with Gasteiger partial charge in [-0.1, -0.05) is 31.2 Å². The number of benzene rings is 2. The van der Waals surface area contributed by atoms with Gasteiger partial charge in [0.2, 0.25) is 5.91 Å². The standard InChI is InChI=1S/C18H22N2O2/c1-3-12-22-17-11-7-8-15(13-17)19-18(21)14-20(2)16-9-5-4-6-10-16/h4-11,13H,3,12,14H2,1-2H3,(H,19,21). The van der Waals surface area contributed by atoms with E-state index in [9.17, 15) is 4.79 Å². The third-order valence-corrected chi connectivity index (χ3v) is 3.17. The van der Waals surface area contributed by atoms with Crippen molar-refractivity contribution in [2.75, 3.05) is 30.4 Å². The highest BCUT2D eigenvalue weighted by Gasteiger charge is 2.08. The van der Waals surface area contributed by atoms with Crippen LogP contribution in [0, 0.1) is 0 Å². The molecule has 0 atom stereocenters. The summed E-state index contributed by atoms with van der Waals surface area (Å²) in [6.07, 6.45) is 0.957. The fraction of sp³-hybridized carbons (Fsp3) is 0.278. The summed E-state index contributed by atoms with van der Waals surface area (Å²) in [5.74, 6) is 0.718. The van der Waals surface area contributed by atoms with Crippen LogP contribution in [0.4, 0.5) is 11.4 Å². The van der Waals surface area contributed by atoms with Crippen LogP contribution in [0.3, 0.4) is 0 Å². The first-order chi connectivity index (χ1) is 10.7. The largest absolute Gasteiger partial charge is 0.494 e. The van der Waals surface area contributed by atoms with Crippen LogP contribution >= 0.6 is 0 Å². The minimum atomic E-state index is -0.0565. The highest BCUT2D eigenvalue weighted by Crippen LogP contribution is 2.18. The van der Waals surface area contributed by atoms with Gasteiger partial charge in [0.05, 0.1) is 13.2 Å². The van der Waals surface area contributed by atoms with E-state index in [0.29, 0.717) is 13.2 Å². The number of rotatable bonds is 7. The van der Waals surface area contributed by atoms with E-state index in [1.807, 2.05) is 66.5 Å². The van der Waals surface area contributed by atoms with Gasteiger partial charge in [-0.3, -0.25) is 4.79 Å². The molecule has 4 heteroatoms.